The number of unbranched alkanes of at least 4 members (excludes halogenated alkanes) is 5. The number of amides is 4. The number of carbonyl (C=O) groups excluding carboxylic acids is 4. The average Bonchev–Trinajstić information content (AvgIpc) is 3.88. The quantitative estimate of drug-likeness (QED) is 0.0244. The van der Waals surface area contributed by atoms with Crippen molar-refractivity contribution in [3.8, 4) is 5.75 Å². The Hall–Kier alpha value is -6.63. The number of fused-ring (bicyclic) bond motifs is 1. The Balaban J connectivity index is 0.622. The van der Waals surface area contributed by atoms with Crippen LogP contribution in [-0.2, 0) is 36.9 Å². The number of aliphatic hydroxyl groups is 1. The van der Waals surface area contributed by atoms with Gasteiger partial charge in [0.2, 0.25) is 11.8 Å². The zero-order valence-electron chi connectivity index (χ0n) is 46.3. The predicted molar refractivity (Wildman–Crippen MR) is 306 cm³/mol. The van der Waals surface area contributed by atoms with E-state index >= 15 is 0 Å². The number of pyridine rings is 1. The molecule has 3 atom stereocenters. The van der Waals surface area contributed by atoms with Gasteiger partial charge in [-0.15, -0.1) is 0 Å². The third-order valence-electron chi connectivity index (χ3n) is 15.5. The van der Waals surface area contributed by atoms with Gasteiger partial charge in [0.25, 0.3) is 11.8 Å². The van der Waals surface area contributed by atoms with Gasteiger partial charge in [0.1, 0.15) is 12.0 Å². The first-order valence-corrected chi connectivity index (χ1v) is 28.7. The number of aromatic nitrogens is 1. The summed E-state index contributed by atoms with van der Waals surface area (Å²) in [5.74, 6) is 0.544. The first-order chi connectivity index (χ1) is 38.6. The molecule has 4 aliphatic rings. The van der Waals surface area contributed by atoms with Gasteiger partial charge in [-0.25, -0.2) is 0 Å². The van der Waals surface area contributed by atoms with Crippen molar-refractivity contribution in [3.63, 3.8) is 0 Å². The lowest BCUT2D eigenvalue weighted by Gasteiger charge is -2.42. The second kappa shape index (κ2) is 30.1. The van der Waals surface area contributed by atoms with Gasteiger partial charge in [-0.05, 0) is 149 Å². The molecule has 3 unspecified atom stereocenters. The molecule has 5 heterocycles. The number of aliphatic hydroxyl groups excluding tert-OH is 1. The lowest BCUT2D eigenvalue weighted by atomic mass is 9.83. The van der Waals surface area contributed by atoms with E-state index in [0.717, 1.165) is 105 Å². The van der Waals surface area contributed by atoms with E-state index in [-0.39, 0.29) is 42.1 Å². The highest BCUT2D eigenvalue weighted by atomic mass is 16.5. The van der Waals surface area contributed by atoms with E-state index < -0.39 is 12.3 Å². The van der Waals surface area contributed by atoms with E-state index in [9.17, 15) is 24.3 Å². The Kier molecular flexibility index (Phi) is 22.3. The van der Waals surface area contributed by atoms with Crippen molar-refractivity contribution in [2.75, 3.05) is 70.0 Å². The molecule has 4 aromatic rings. The van der Waals surface area contributed by atoms with Crippen molar-refractivity contribution in [3.05, 3.63) is 136 Å². The molecular formula is C62H82N8O9. The van der Waals surface area contributed by atoms with Gasteiger partial charge in [-0.1, -0.05) is 57.0 Å². The summed E-state index contributed by atoms with van der Waals surface area (Å²) in [6.45, 7) is 11.0. The number of nitrogens with zero attached hydrogens (tertiary/aromatic N) is 2. The van der Waals surface area contributed by atoms with Crippen LogP contribution in [0.15, 0.2) is 109 Å². The number of ether oxygens (including phenoxy) is 4. The summed E-state index contributed by atoms with van der Waals surface area (Å²) in [6, 6.07) is 24.7. The minimum atomic E-state index is -1.12. The maximum atomic E-state index is 13.5. The van der Waals surface area contributed by atoms with E-state index in [2.05, 4.69) is 75.0 Å². The van der Waals surface area contributed by atoms with Crippen LogP contribution in [0.25, 0.3) is 5.70 Å². The van der Waals surface area contributed by atoms with Crippen LogP contribution in [0.1, 0.15) is 141 Å². The molecule has 3 aromatic carbocycles. The zero-order chi connectivity index (χ0) is 55.2. The summed E-state index contributed by atoms with van der Waals surface area (Å²) in [7, 11) is 0. The van der Waals surface area contributed by atoms with E-state index in [4.69, 9.17) is 18.9 Å². The van der Waals surface area contributed by atoms with Crippen molar-refractivity contribution in [1.29, 1.82) is 0 Å². The Morgan fingerprint density at radius 2 is 1.52 bits per heavy atom. The van der Waals surface area contributed by atoms with Gasteiger partial charge in [0.05, 0.1) is 44.6 Å². The van der Waals surface area contributed by atoms with E-state index in [1.165, 1.54) is 17.0 Å². The third-order valence-corrected chi connectivity index (χ3v) is 15.5. The van der Waals surface area contributed by atoms with Crippen LogP contribution in [0, 0.1) is 5.92 Å². The highest BCUT2D eigenvalue weighted by Crippen LogP contribution is 2.38. The first-order valence-electron chi connectivity index (χ1n) is 28.7. The third kappa shape index (κ3) is 16.7. The normalized spacial score (nSPS) is 18.9. The monoisotopic (exact) mass is 1080 g/mol. The van der Waals surface area contributed by atoms with Crippen LogP contribution in [0.4, 0.5) is 11.4 Å². The molecule has 0 radical (unpaired) electrons. The summed E-state index contributed by atoms with van der Waals surface area (Å²) in [6.07, 6.45) is 16.2. The molecule has 4 amide bonds. The molecule has 79 heavy (non-hydrogen) atoms. The fourth-order valence-electron chi connectivity index (χ4n) is 11.0. The minimum Gasteiger partial charge on any atom is -0.494 e. The van der Waals surface area contributed by atoms with E-state index in [0.29, 0.717) is 94.8 Å². The van der Waals surface area contributed by atoms with Gasteiger partial charge in [-0.2, -0.15) is 0 Å². The molecule has 7 N–H and O–H groups in total. The number of benzene rings is 3. The van der Waals surface area contributed by atoms with Gasteiger partial charge < -0.3 is 60.9 Å². The lowest BCUT2D eigenvalue weighted by molar-refractivity contribution is -0.129. The maximum Gasteiger partial charge on any atom is 0.254 e. The number of carbonyl (C=O) groups is 4. The smallest absolute Gasteiger partial charge is 0.254 e. The van der Waals surface area contributed by atoms with Crippen molar-refractivity contribution < 1.29 is 43.2 Å². The minimum absolute atomic E-state index is 0.115. The molecule has 424 valence electrons. The number of nitrogens with one attached hydrogen (secondary N) is 6. The molecule has 1 aromatic heterocycles. The Morgan fingerprint density at radius 3 is 2.24 bits per heavy atom. The number of hydrogen-bond donors (Lipinski definition) is 7. The molecule has 4 aliphatic heterocycles. The fourth-order valence-corrected chi connectivity index (χ4v) is 11.0. The number of piperidine rings is 2. The standard InChI is InChI=1S/C62H82N8O9/c1-3-50-44(2)18-24-55(67-58(50)46-26-30-63-31-27-46)62(28-32-64-33-29-62)69-48-14-11-13-47(41-48)59(73)65-42-45-19-21-49(22-20-45)79-36-10-5-4-8-34-76-37-39-78-40-38-77-35-9-6-7-17-56(71)66-53-16-12-15-51-52(53)43-70(61(51)75)54-23-25-57(72)68-60(54)74/h11-16,19-22,24,26-27,30-31,41,44,54,60,64,67,69,74H,3-10,17-18,23,25,28-29,32-40,42-43H2,1-2H3,(H,65,73)(H,66,71)(H,68,72). The van der Waals surface area contributed by atoms with E-state index in [1.54, 1.807) is 23.1 Å². The topological polar surface area (TPSA) is 214 Å². The Labute approximate surface area is 466 Å². The molecule has 8 rings (SSSR count). The van der Waals surface area contributed by atoms with Gasteiger partial charge in [0, 0.05) is 96.6 Å². The van der Waals surface area contributed by atoms with Gasteiger partial charge >= 0.3 is 0 Å². The van der Waals surface area contributed by atoms with Crippen LogP contribution in [0.2, 0.25) is 0 Å². The SMILES string of the molecule is CCC1=C(c2ccncc2)NC(C2(Nc3cccc(C(=O)NCc4ccc(OCCCCCCOCCOCCOCCCCCC(=O)Nc5cccc6c5CN(C5CCC(=O)NC5O)C6=O)cc4)c3)CCNCC2)=CCC1C. The second-order valence-corrected chi connectivity index (χ2v) is 21.1. The maximum absolute atomic E-state index is 13.5. The molecule has 0 aliphatic carbocycles. The van der Waals surface area contributed by atoms with Gasteiger partial charge in [-0.3, -0.25) is 24.2 Å². The summed E-state index contributed by atoms with van der Waals surface area (Å²) < 4.78 is 23.1. The van der Waals surface area contributed by atoms with E-state index in [1.807, 2.05) is 54.9 Å². The molecule has 0 saturated carbocycles. The Bertz CT molecular complexity index is 2690. The van der Waals surface area contributed by atoms with Crippen LogP contribution in [0.5, 0.6) is 5.75 Å². The second-order valence-electron chi connectivity index (χ2n) is 21.1. The summed E-state index contributed by atoms with van der Waals surface area (Å²) in [5.41, 5.74) is 8.97. The largest absolute Gasteiger partial charge is 0.494 e. The predicted octanol–water partition coefficient (Wildman–Crippen LogP) is 8.62. The molecule has 2 fully saturated rings. The highest BCUT2D eigenvalue weighted by molar-refractivity contribution is 6.02. The van der Waals surface area contributed by atoms with Crippen molar-refractivity contribution in [2.24, 2.45) is 5.92 Å². The number of allylic oxidation sites excluding steroid dienone is 2. The van der Waals surface area contributed by atoms with Crippen LogP contribution in [-0.4, -0.2) is 116 Å². The Morgan fingerprint density at radius 1 is 0.823 bits per heavy atom. The molecule has 17 nitrogen and oxygen atoms in total. The summed E-state index contributed by atoms with van der Waals surface area (Å²) in [5, 5.41) is 30.4. The average molecular weight is 1080 g/mol. The molecule has 2 saturated heterocycles. The number of rotatable bonds is 30. The zero-order valence-corrected chi connectivity index (χ0v) is 46.3. The van der Waals surface area contributed by atoms with Crippen LogP contribution >= 0.6 is 0 Å². The number of anilines is 2. The molecular weight excluding hydrogens is 1000 g/mol. The van der Waals surface area contributed by atoms with Gasteiger partial charge in [0.15, 0.2) is 0 Å². The molecule has 17 heteroatoms. The molecule has 0 bridgehead atoms. The first kappa shape index (κ1) is 58.5. The van der Waals surface area contributed by atoms with Crippen molar-refractivity contribution >= 4 is 40.7 Å². The number of hydrogen-bond acceptors (Lipinski definition) is 13. The fraction of sp³-hybridized carbons (Fsp3) is 0.500. The highest BCUT2D eigenvalue weighted by Gasteiger charge is 2.41. The summed E-state index contributed by atoms with van der Waals surface area (Å²) >= 11 is 0. The van der Waals surface area contributed by atoms with Crippen LogP contribution < -0.4 is 36.6 Å². The van der Waals surface area contributed by atoms with Crippen molar-refractivity contribution in [1.82, 2.24) is 31.2 Å². The van der Waals surface area contributed by atoms with Crippen molar-refractivity contribution in [2.45, 2.75) is 135 Å². The molecule has 0 spiro atoms. The lowest BCUT2D eigenvalue weighted by Crippen LogP contribution is -2.55. The van der Waals surface area contributed by atoms with Crippen LogP contribution in [0.3, 0.4) is 0 Å². The summed E-state index contributed by atoms with van der Waals surface area (Å²) in [4.78, 5) is 56.9.